The summed E-state index contributed by atoms with van der Waals surface area (Å²) in [5.74, 6) is 0.729. The Bertz CT molecular complexity index is 436. The first-order valence-corrected chi connectivity index (χ1v) is 8.07. The van der Waals surface area contributed by atoms with Crippen LogP contribution in [-0.4, -0.2) is 24.8 Å². The van der Waals surface area contributed by atoms with Gasteiger partial charge in [0.05, 0.1) is 5.60 Å². The summed E-state index contributed by atoms with van der Waals surface area (Å²) < 4.78 is 7.01. The van der Waals surface area contributed by atoms with Crippen LogP contribution in [0.2, 0.25) is 0 Å². The minimum absolute atomic E-state index is 0.0842. The second-order valence-electron chi connectivity index (χ2n) is 6.20. The maximum atomic E-state index is 5.82. The lowest BCUT2D eigenvalue weighted by Gasteiger charge is -2.38. The first-order chi connectivity index (χ1) is 9.15. The molecule has 2 aliphatic rings. The van der Waals surface area contributed by atoms with E-state index < -0.39 is 0 Å². The lowest BCUT2D eigenvalue weighted by molar-refractivity contribution is 0.0158. The SMILES string of the molecule is CC1(CNC2CC(c3cccc(Br)c3)C2)CCCO1. The molecule has 1 saturated carbocycles. The van der Waals surface area contributed by atoms with Gasteiger partial charge in [0.1, 0.15) is 0 Å². The summed E-state index contributed by atoms with van der Waals surface area (Å²) in [6.45, 7) is 4.17. The van der Waals surface area contributed by atoms with Gasteiger partial charge in [-0.3, -0.25) is 0 Å². The van der Waals surface area contributed by atoms with Gasteiger partial charge in [0, 0.05) is 23.7 Å². The van der Waals surface area contributed by atoms with E-state index in [0.717, 1.165) is 19.1 Å². The van der Waals surface area contributed by atoms with E-state index in [1.54, 1.807) is 0 Å². The molecule has 104 valence electrons. The molecule has 0 spiro atoms. The number of halogens is 1. The summed E-state index contributed by atoms with van der Waals surface area (Å²) in [4.78, 5) is 0. The smallest absolute Gasteiger partial charge is 0.0779 e. The van der Waals surface area contributed by atoms with Gasteiger partial charge < -0.3 is 10.1 Å². The fourth-order valence-corrected chi connectivity index (χ4v) is 3.57. The summed E-state index contributed by atoms with van der Waals surface area (Å²) in [5, 5.41) is 3.68. The van der Waals surface area contributed by atoms with Crippen LogP contribution in [0.3, 0.4) is 0 Å². The maximum absolute atomic E-state index is 5.82. The summed E-state index contributed by atoms with van der Waals surface area (Å²) in [6.07, 6.45) is 4.92. The molecule has 1 unspecified atom stereocenters. The minimum Gasteiger partial charge on any atom is -0.374 e. The van der Waals surface area contributed by atoms with Crippen LogP contribution in [0.25, 0.3) is 0 Å². The van der Waals surface area contributed by atoms with Crippen LogP contribution in [0.4, 0.5) is 0 Å². The molecule has 0 amide bonds. The average Bonchev–Trinajstić information content (AvgIpc) is 2.74. The number of benzene rings is 1. The molecular formula is C16H22BrNO. The van der Waals surface area contributed by atoms with E-state index in [1.807, 2.05) is 0 Å². The Morgan fingerprint density at radius 3 is 2.95 bits per heavy atom. The minimum atomic E-state index is 0.0842. The quantitative estimate of drug-likeness (QED) is 0.908. The van der Waals surface area contributed by atoms with Crippen molar-refractivity contribution in [2.24, 2.45) is 0 Å². The van der Waals surface area contributed by atoms with E-state index in [1.165, 1.54) is 35.7 Å². The van der Waals surface area contributed by atoms with Crippen LogP contribution in [0.5, 0.6) is 0 Å². The highest BCUT2D eigenvalue weighted by Crippen LogP contribution is 2.38. The average molecular weight is 324 g/mol. The molecule has 1 saturated heterocycles. The fraction of sp³-hybridized carbons (Fsp3) is 0.625. The molecule has 1 aromatic rings. The molecule has 3 heteroatoms. The second-order valence-corrected chi connectivity index (χ2v) is 7.12. The molecule has 3 rings (SSSR count). The van der Waals surface area contributed by atoms with E-state index in [2.05, 4.69) is 52.4 Å². The lowest BCUT2D eigenvalue weighted by atomic mass is 9.75. The Balaban J connectivity index is 1.45. The number of hydrogen-bond acceptors (Lipinski definition) is 2. The molecule has 0 radical (unpaired) electrons. The zero-order valence-electron chi connectivity index (χ0n) is 11.5. The summed E-state index contributed by atoms with van der Waals surface area (Å²) >= 11 is 3.55. The summed E-state index contributed by atoms with van der Waals surface area (Å²) in [6, 6.07) is 9.39. The Labute approximate surface area is 124 Å². The molecular weight excluding hydrogens is 302 g/mol. The molecule has 2 fully saturated rings. The highest BCUT2D eigenvalue weighted by atomic mass is 79.9. The standard InChI is InChI=1S/C16H22BrNO/c1-16(6-3-7-19-16)11-18-15-9-13(10-15)12-4-2-5-14(17)8-12/h2,4-5,8,13,15,18H,3,6-7,9-11H2,1H3. The first kappa shape index (κ1) is 13.6. The van der Waals surface area contributed by atoms with Gasteiger partial charge in [0.2, 0.25) is 0 Å². The Kier molecular flexibility index (Phi) is 3.97. The number of rotatable bonds is 4. The molecule has 19 heavy (non-hydrogen) atoms. The van der Waals surface area contributed by atoms with Crippen molar-refractivity contribution in [2.45, 2.75) is 50.2 Å². The largest absolute Gasteiger partial charge is 0.374 e. The lowest BCUT2D eigenvalue weighted by Crippen LogP contribution is -2.47. The predicted octanol–water partition coefficient (Wildman–Crippen LogP) is 3.85. The summed E-state index contributed by atoms with van der Waals surface area (Å²) in [7, 11) is 0. The van der Waals surface area contributed by atoms with Gasteiger partial charge in [-0.2, -0.15) is 0 Å². The van der Waals surface area contributed by atoms with Crippen molar-refractivity contribution in [2.75, 3.05) is 13.2 Å². The maximum Gasteiger partial charge on any atom is 0.0779 e. The fourth-order valence-electron chi connectivity index (χ4n) is 3.15. The van der Waals surface area contributed by atoms with Crippen LogP contribution >= 0.6 is 15.9 Å². The van der Waals surface area contributed by atoms with Gasteiger partial charge in [-0.05, 0) is 56.2 Å². The van der Waals surface area contributed by atoms with E-state index in [-0.39, 0.29) is 5.60 Å². The zero-order valence-corrected chi connectivity index (χ0v) is 13.1. The number of hydrogen-bond donors (Lipinski definition) is 1. The highest BCUT2D eigenvalue weighted by Gasteiger charge is 2.34. The Hall–Kier alpha value is -0.380. The van der Waals surface area contributed by atoms with E-state index in [4.69, 9.17) is 4.74 Å². The molecule has 1 atom stereocenters. The predicted molar refractivity (Wildman–Crippen MR) is 81.5 cm³/mol. The molecule has 1 aromatic carbocycles. The third-order valence-electron chi connectivity index (χ3n) is 4.52. The van der Waals surface area contributed by atoms with Crippen molar-refractivity contribution in [3.8, 4) is 0 Å². The van der Waals surface area contributed by atoms with Crippen molar-refractivity contribution in [1.29, 1.82) is 0 Å². The van der Waals surface area contributed by atoms with Crippen LogP contribution < -0.4 is 5.32 Å². The Morgan fingerprint density at radius 1 is 1.42 bits per heavy atom. The summed E-state index contributed by atoms with van der Waals surface area (Å²) in [5.41, 5.74) is 1.55. The van der Waals surface area contributed by atoms with Gasteiger partial charge in [-0.25, -0.2) is 0 Å². The van der Waals surface area contributed by atoms with Crippen molar-refractivity contribution >= 4 is 15.9 Å². The monoisotopic (exact) mass is 323 g/mol. The topological polar surface area (TPSA) is 21.3 Å². The van der Waals surface area contributed by atoms with Gasteiger partial charge in [0.25, 0.3) is 0 Å². The van der Waals surface area contributed by atoms with Crippen LogP contribution in [0.15, 0.2) is 28.7 Å². The van der Waals surface area contributed by atoms with E-state index >= 15 is 0 Å². The molecule has 2 nitrogen and oxygen atoms in total. The third-order valence-corrected chi connectivity index (χ3v) is 5.02. The second kappa shape index (κ2) is 5.55. The first-order valence-electron chi connectivity index (χ1n) is 7.27. The molecule has 0 aromatic heterocycles. The molecule has 1 heterocycles. The van der Waals surface area contributed by atoms with Crippen molar-refractivity contribution in [1.82, 2.24) is 5.32 Å². The zero-order chi connectivity index (χ0) is 13.3. The third kappa shape index (κ3) is 3.21. The van der Waals surface area contributed by atoms with Crippen LogP contribution in [-0.2, 0) is 4.74 Å². The van der Waals surface area contributed by atoms with Crippen LogP contribution in [0.1, 0.15) is 44.1 Å². The molecule has 0 bridgehead atoms. The van der Waals surface area contributed by atoms with E-state index in [9.17, 15) is 0 Å². The van der Waals surface area contributed by atoms with Gasteiger partial charge in [-0.1, -0.05) is 28.1 Å². The normalized spacial score (nSPS) is 34.2. The van der Waals surface area contributed by atoms with Gasteiger partial charge in [0.15, 0.2) is 0 Å². The van der Waals surface area contributed by atoms with Crippen molar-refractivity contribution in [3.63, 3.8) is 0 Å². The van der Waals surface area contributed by atoms with Gasteiger partial charge in [-0.15, -0.1) is 0 Å². The highest BCUT2D eigenvalue weighted by molar-refractivity contribution is 9.10. The number of ether oxygens (including phenoxy) is 1. The van der Waals surface area contributed by atoms with Crippen molar-refractivity contribution in [3.05, 3.63) is 34.3 Å². The molecule has 1 N–H and O–H groups in total. The number of nitrogens with one attached hydrogen (secondary N) is 1. The van der Waals surface area contributed by atoms with Crippen molar-refractivity contribution < 1.29 is 4.74 Å². The van der Waals surface area contributed by atoms with Gasteiger partial charge >= 0.3 is 0 Å². The Morgan fingerprint density at radius 2 is 2.26 bits per heavy atom. The molecule has 1 aliphatic heterocycles. The van der Waals surface area contributed by atoms with E-state index in [0.29, 0.717) is 6.04 Å². The van der Waals surface area contributed by atoms with Crippen LogP contribution in [0, 0.1) is 0 Å². The molecule has 1 aliphatic carbocycles.